The summed E-state index contributed by atoms with van der Waals surface area (Å²) in [6.07, 6.45) is 2.07. The van der Waals surface area contributed by atoms with Gasteiger partial charge in [0.15, 0.2) is 0 Å². The van der Waals surface area contributed by atoms with Crippen molar-refractivity contribution < 1.29 is 4.74 Å². The summed E-state index contributed by atoms with van der Waals surface area (Å²) in [6, 6.07) is 4.33. The van der Waals surface area contributed by atoms with Gasteiger partial charge >= 0.3 is 0 Å². The lowest BCUT2D eigenvalue weighted by atomic mass is 10.0. The predicted molar refractivity (Wildman–Crippen MR) is 61.9 cm³/mol. The van der Waals surface area contributed by atoms with E-state index < -0.39 is 0 Å². The fourth-order valence-electron chi connectivity index (χ4n) is 1.69. The molecule has 0 aliphatic rings. The molecular weight excluding hydrogens is 188 g/mol. The van der Waals surface area contributed by atoms with Gasteiger partial charge in [0.25, 0.3) is 0 Å². The molecule has 0 aliphatic carbocycles. The zero-order valence-corrected chi connectivity index (χ0v) is 9.95. The fourth-order valence-corrected chi connectivity index (χ4v) is 1.69. The van der Waals surface area contributed by atoms with Crippen LogP contribution in [-0.4, -0.2) is 24.7 Å². The van der Waals surface area contributed by atoms with E-state index >= 15 is 0 Å². The van der Waals surface area contributed by atoms with E-state index in [-0.39, 0.29) is 12.1 Å². The number of aromatic nitrogens is 1. The highest BCUT2D eigenvalue weighted by Gasteiger charge is 2.17. The normalized spacial score (nSPS) is 14.9. The summed E-state index contributed by atoms with van der Waals surface area (Å²) >= 11 is 0. The minimum atomic E-state index is 0.157. The van der Waals surface area contributed by atoms with E-state index in [0.717, 1.165) is 12.3 Å². The first-order chi connectivity index (χ1) is 7.19. The maximum absolute atomic E-state index is 5.59. The molecule has 0 aromatic carbocycles. The Bertz CT molecular complexity index is 284. The molecule has 1 aromatic heterocycles. The van der Waals surface area contributed by atoms with Crippen LogP contribution in [0, 0.1) is 6.92 Å². The summed E-state index contributed by atoms with van der Waals surface area (Å²) in [5.74, 6) is 0. The van der Waals surface area contributed by atoms with Gasteiger partial charge in [-0.25, -0.2) is 0 Å². The maximum Gasteiger partial charge on any atom is 0.0741 e. The van der Waals surface area contributed by atoms with Crippen LogP contribution in [0.2, 0.25) is 0 Å². The van der Waals surface area contributed by atoms with E-state index in [1.807, 2.05) is 33.2 Å². The van der Waals surface area contributed by atoms with Gasteiger partial charge in [0.1, 0.15) is 0 Å². The molecule has 2 unspecified atom stereocenters. The Balaban J connectivity index is 2.77. The first-order valence-corrected chi connectivity index (χ1v) is 5.40. The zero-order valence-electron chi connectivity index (χ0n) is 9.95. The highest BCUT2D eigenvalue weighted by atomic mass is 16.5. The van der Waals surface area contributed by atoms with Gasteiger partial charge in [-0.1, -0.05) is 6.07 Å². The number of likely N-dealkylation sites (N-methyl/N-ethyl adjacent to an activating group) is 1. The average molecular weight is 208 g/mol. The Labute approximate surface area is 91.9 Å². The minimum Gasteiger partial charge on any atom is -0.377 e. The van der Waals surface area contributed by atoms with Crippen LogP contribution in [0.4, 0.5) is 0 Å². The molecule has 84 valence electrons. The first kappa shape index (κ1) is 12.1. The minimum absolute atomic E-state index is 0.157. The highest BCUT2D eigenvalue weighted by molar-refractivity contribution is 5.18. The van der Waals surface area contributed by atoms with Crippen LogP contribution in [0.25, 0.3) is 0 Å². The summed E-state index contributed by atoms with van der Waals surface area (Å²) in [4.78, 5) is 4.29. The lowest BCUT2D eigenvalue weighted by molar-refractivity contribution is 0.0492. The summed E-state index contributed by atoms with van der Waals surface area (Å²) in [5.41, 5.74) is 2.21. The molecule has 0 saturated carbocycles. The fraction of sp³-hybridized carbons (Fsp3) is 0.583. The molecule has 0 amide bonds. The highest BCUT2D eigenvalue weighted by Crippen LogP contribution is 2.18. The Morgan fingerprint density at radius 2 is 2.20 bits per heavy atom. The molecule has 0 saturated heterocycles. The van der Waals surface area contributed by atoms with Crippen LogP contribution in [0.15, 0.2) is 18.3 Å². The predicted octanol–water partition coefficient (Wildman–Crippen LogP) is 2.08. The van der Waals surface area contributed by atoms with Crippen LogP contribution < -0.4 is 5.32 Å². The van der Waals surface area contributed by atoms with E-state index in [0.29, 0.717) is 0 Å². The third kappa shape index (κ3) is 3.29. The van der Waals surface area contributed by atoms with Crippen LogP contribution in [0.1, 0.15) is 31.1 Å². The lowest BCUT2D eigenvalue weighted by Gasteiger charge is -2.23. The second-order valence-corrected chi connectivity index (χ2v) is 3.66. The summed E-state index contributed by atoms with van der Waals surface area (Å²) in [6.45, 7) is 6.81. The first-order valence-electron chi connectivity index (χ1n) is 5.40. The third-order valence-corrected chi connectivity index (χ3v) is 2.50. The van der Waals surface area contributed by atoms with Gasteiger partial charge in [-0.15, -0.1) is 0 Å². The molecule has 1 aromatic rings. The molecular formula is C12H20N2O. The largest absolute Gasteiger partial charge is 0.377 e. The molecule has 1 heterocycles. The molecule has 0 radical (unpaired) electrons. The molecule has 1 N–H and O–H groups in total. The summed E-state index contributed by atoms with van der Waals surface area (Å²) in [7, 11) is 1.94. The van der Waals surface area contributed by atoms with Gasteiger partial charge in [-0.3, -0.25) is 4.98 Å². The second kappa shape index (κ2) is 5.83. The van der Waals surface area contributed by atoms with Gasteiger partial charge in [0.2, 0.25) is 0 Å². The Hall–Kier alpha value is -0.930. The van der Waals surface area contributed by atoms with Crippen molar-refractivity contribution in [1.82, 2.24) is 10.3 Å². The molecule has 0 aliphatic heterocycles. The van der Waals surface area contributed by atoms with Gasteiger partial charge in [0.05, 0.1) is 12.1 Å². The number of hydrogen-bond donors (Lipinski definition) is 1. The van der Waals surface area contributed by atoms with Crippen molar-refractivity contribution in [3.63, 3.8) is 0 Å². The van der Waals surface area contributed by atoms with Crippen molar-refractivity contribution in [2.45, 2.75) is 32.9 Å². The number of nitrogens with one attached hydrogen (secondary N) is 1. The van der Waals surface area contributed by atoms with E-state index in [4.69, 9.17) is 4.74 Å². The van der Waals surface area contributed by atoms with Crippen LogP contribution in [-0.2, 0) is 4.74 Å². The number of ether oxygens (including phenoxy) is 1. The second-order valence-electron chi connectivity index (χ2n) is 3.66. The number of hydrogen-bond acceptors (Lipinski definition) is 3. The van der Waals surface area contributed by atoms with Crippen molar-refractivity contribution in [1.29, 1.82) is 0 Å². The smallest absolute Gasteiger partial charge is 0.0741 e. The summed E-state index contributed by atoms with van der Waals surface area (Å²) in [5, 5.41) is 3.26. The third-order valence-electron chi connectivity index (χ3n) is 2.50. The van der Waals surface area contributed by atoms with E-state index in [1.165, 1.54) is 5.56 Å². The van der Waals surface area contributed by atoms with Gasteiger partial charge in [0, 0.05) is 18.5 Å². The van der Waals surface area contributed by atoms with Crippen LogP contribution in [0.3, 0.4) is 0 Å². The average Bonchev–Trinajstić information content (AvgIpc) is 2.22. The van der Waals surface area contributed by atoms with Crippen LogP contribution in [0.5, 0.6) is 0 Å². The Kier molecular flexibility index (Phi) is 4.72. The molecule has 15 heavy (non-hydrogen) atoms. The summed E-state index contributed by atoms with van der Waals surface area (Å²) < 4.78 is 5.59. The van der Waals surface area contributed by atoms with E-state index in [9.17, 15) is 0 Å². The molecule has 1 rings (SSSR count). The molecule has 3 nitrogen and oxygen atoms in total. The lowest BCUT2D eigenvalue weighted by Crippen LogP contribution is -2.29. The van der Waals surface area contributed by atoms with Crippen molar-refractivity contribution in [3.8, 4) is 0 Å². The molecule has 0 fully saturated rings. The molecule has 2 atom stereocenters. The monoisotopic (exact) mass is 208 g/mol. The SMILES string of the molecule is CCOC(C)C(NC)c1ccc(C)nc1. The number of rotatable bonds is 5. The number of nitrogens with zero attached hydrogens (tertiary/aromatic N) is 1. The van der Waals surface area contributed by atoms with Gasteiger partial charge in [-0.2, -0.15) is 0 Å². The van der Waals surface area contributed by atoms with Crippen molar-refractivity contribution in [3.05, 3.63) is 29.6 Å². The number of pyridine rings is 1. The number of aryl methyl sites for hydroxylation is 1. The van der Waals surface area contributed by atoms with Gasteiger partial charge in [-0.05, 0) is 39.4 Å². The standard InChI is InChI=1S/C12H20N2O/c1-5-15-10(3)12(13-4)11-7-6-9(2)14-8-11/h6-8,10,12-13H,5H2,1-4H3. The zero-order chi connectivity index (χ0) is 11.3. The van der Waals surface area contributed by atoms with Gasteiger partial charge < -0.3 is 10.1 Å². The van der Waals surface area contributed by atoms with Crippen LogP contribution >= 0.6 is 0 Å². The van der Waals surface area contributed by atoms with Crippen molar-refractivity contribution in [2.75, 3.05) is 13.7 Å². The topological polar surface area (TPSA) is 34.1 Å². The Morgan fingerprint density at radius 3 is 2.67 bits per heavy atom. The van der Waals surface area contributed by atoms with E-state index in [1.54, 1.807) is 0 Å². The van der Waals surface area contributed by atoms with E-state index in [2.05, 4.69) is 23.3 Å². The quantitative estimate of drug-likeness (QED) is 0.804. The Morgan fingerprint density at radius 1 is 1.47 bits per heavy atom. The van der Waals surface area contributed by atoms with Crippen molar-refractivity contribution >= 4 is 0 Å². The van der Waals surface area contributed by atoms with Crippen molar-refractivity contribution in [2.24, 2.45) is 0 Å². The molecule has 0 spiro atoms. The molecule has 0 bridgehead atoms. The maximum atomic E-state index is 5.59. The molecule has 3 heteroatoms.